The van der Waals surface area contributed by atoms with Crippen LogP contribution in [0, 0.1) is 25.2 Å². The molecule has 1 aromatic carbocycles. The van der Waals surface area contributed by atoms with Crippen molar-refractivity contribution in [3.63, 3.8) is 0 Å². The number of benzene rings is 1. The van der Waals surface area contributed by atoms with Gasteiger partial charge in [-0.25, -0.2) is 0 Å². The molecular weight excluding hydrogens is 332 g/mol. The summed E-state index contributed by atoms with van der Waals surface area (Å²) in [7, 11) is 0. The van der Waals surface area contributed by atoms with E-state index in [2.05, 4.69) is 15.8 Å². The highest BCUT2D eigenvalue weighted by Crippen LogP contribution is 2.26. The molecule has 1 aromatic heterocycles. The Morgan fingerprint density at radius 3 is 2.81 bits per heavy atom. The quantitative estimate of drug-likeness (QED) is 0.584. The van der Waals surface area contributed by atoms with Crippen LogP contribution in [0.25, 0.3) is 0 Å². The topological polar surface area (TPSA) is 100 Å². The number of nitriles is 1. The van der Waals surface area contributed by atoms with Gasteiger partial charge in [0, 0.05) is 17.8 Å². The molecule has 0 saturated carbocycles. The van der Waals surface area contributed by atoms with Gasteiger partial charge in [0.15, 0.2) is 5.82 Å². The summed E-state index contributed by atoms with van der Waals surface area (Å²) >= 11 is 0. The van der Waals surface area contributed by atoms with Gasteiger partial charge in [0.25, 0.3) is 5.91 Å². The van der Waals surface area contributed by atoms with E-state index in [1.807, 2.05) is 45.0 Å². The van der Waals surface area contributed by atoms with Gasteiger partial charge in [-0.05, 0) is 33.8 Å². The number of aryl methyl sites for hydroxylation is 2. The van der Waals surface area contributed by atoms with Crippen LogP contribution in [0.1, 0.15) is 36.8 Å². The predicted molar refractivity (Wildman–Crippen MR) is 97.5 cm³/mol. The molecular formula is C19H22N4O3. The van der Waals surface area contributed by atoms with E-state index in [4.69, 9.17) is 9.26 Å². The largest absolute Gasteiger partial charge is 0.494 e. The van der Waals surface area contributed by atoms with Crippen LogP contribution in [0.4, 0.5) is 5.82 Å². The van der Waals surface area contributed by atoms with Crippen molar-refractivity contribution < 1.29 is 14.1 Å². The molecule has 1 heterocycles. The van der Waals surface area contributed by atoms with Crippen LogP contribution in [-0.2, 0) is 4.79 Å². The molecule has 0 aliphatic rings. The van der Waals surface area contributed by atoms with E-state index in [0.29, 0.717) is 23.9 Å². The second kappa shape index (κ2) is 8.72. The van der Waals surface area contributed by atoms with E-state index < -0.39 is 5.91 Å². The van der Waals surface area contributed by atoms with Crippen LogP contribution in [0.15, 0.2) is 40.6 Å². The normalized spacial score (nSPS) is 12.2. The fourth-order valence-corrected chi connectivity index (χ4v) is 2.37. The van der Waals surface area contributed by atoms with Crippen molar-refractivity contribution >= 4 is 11.7 Å². The van der Waals surface area contributed by atoms with Crippen LogP contribution in [-0.4, -0.2) is 17.7 Å². The minimum absolute atomic E-state index is 0.0666. The molecule has 136 valence electrons. The first-order valence-corrected chi connectivity index (χ1v) is 8.29. The second-order valence-electron chi connectivity index (χ2n) is 5.81. The Bertz CT molecular complexity index is 849. The number of hydrogen-bond donors (Lipinski definition) is 2. The third-order valence-corrected chi connectivity index (χ3v) is 3.64. The third kappa shape index (κ3) is 4.86. The van der Waals surface area contributed by atoms with Crippen molar-refractivity contribution in [3.05, 3.63) is 52.9 Å². The summed E-state index contributed by atoms with van der Waals surface area (Å²) in [4.78, 5) is 12.4. The van der Waals surface area contributed by atoms with Crippen LogP contribution in [0.3, 0.4) is 0 Å². The third-order valence-electron chi connectivity index (χ3n) is 3.64. The van der Waals surface area contributed by atoms with Crippen LogP contribution < -0.4 is 15.4 Å². The number of rotatable bonds is 7. The van der Waals surface area contributed by atoms with Gasteiger partial charge in [-0.3, -0.25) is 4.79 Å². The number of aromatic nitrogens is 1. The molecule has 7 nitrogen and oxygen atoms in total. The summed E-state index contributed by atoms with van der Waals surface area (Å²) in [5.74, 6) is 1.27. The standard InChI is InChI=1S/C19H22N4O3/c1-5-25-17-7-6-12(2)8-16(17)14(4)22-19(24)15(10-20)11-21-18-9-13(3)26-23-18/h6-9,11,14H,5H2,1-4H3,(H,21,23)(H,22,24)/b15-11-. The van der Waals surface area contributed by atoms with Gasteiger partial charge >= 0.3 is 0 Å². The lowest BCUT2D eigenvalue weighted by Crippen LogP contribution is -2.28. The molecule has 1 unspecified atom stereocenters. The monoisotopic (exact) mass is 354 g/mol. The van der Waals surface area contributed by atoms with Gasteiger partial charge < -0.3 is 19.9 Å². The van der Waals surface area contributed by atoms with Gasteiger partial charge in [-0.15, -0.1) is 0 Å². The molecule has 0 aliphatic heterocycles. The van der Waals surface area contributed by atoms with E-state index in [1.165, 1.54) is 6.20 Å². The molecule has 2 N–H and O–H groups in total. The summed E-state index contributed by atoms with van der Waals surface area (Å²) in [6, 6.07) is 9.01. The Morgan fingerprint density at radius 1 is 1.42 bits per heavy atom. The lowest BCUT2D eigenvalue weighted by Gasteiger charge is -2.18. The molecule has 1 amide bonds. The SMILES string of the molecule is CCOc1ccc(C)cc1C(C)NC(=O)/C(C#N)=C\Nc1cc(C)on1. The maximum atomic E-state index is 12.4. The van der Waals surface area contributed by atoms with Crippen molar-refractivity contribution in [1.82, 2.24) is 10.5 Å². The predicted octanol–water partition coefficient (Wildman–Crippen LogP) is 3.39. The zero-order chi connectivity index (χ0) is 19.1. The number of anilines is 1. The number of hydrogen-bond acceptors (Lipinski definition) is 6. The number of nitrogens with one attached hydrogen (secondary N) is 2. The maximum Gasteiger partial charge on any atom is 0.263 e. The maximum absolute atomic E-state index is 12.4. The highest BCUT2D eigenvalue weighted by molar-refractivity contribution is 5.97. The molecule has 2 rings (SSSR count). The van der Waals surface area contributed by atoms with Gasteiger partial charge in [0.1, 0.15) is 23.2 Å². The summed E-state index contributed by atoms with van der Waals surface area (Å²) in [5.41, 5.74) is 1.85. The summed E-state index contributed by atoms with van der Waals surface area (Å²) in [5, 5.41) is 18.6. The molecule has 0 radical (unpaired) electrons. The van der Waals surface area contributed by atoms with Crippen LogP contribution in [0.5, 0.6) is 5.75 Å². The first-order valence-electron chi connectivity index (χ1n) is 8.29. The zero-order valence-corrected chi connectivity index (χ0v) is 15.3. The first-order chi connectivity index (χ1) is 12.4. The van der Waals surface area contributed by atoms with Crippen molar-refractivity contribution in [1.29, 1.82) is 5.26 Å². The minimum atomic E-state index is -0.489. The van der Waals surface area contributed by atoms with E-state index in [1.54, 1.807) is 13.0 Å². The molecule has 7 heteroatoms. The Labute approximate surface area is 152 Å². The molecule has 2 aromatic rings. The Hall–Kier alpha value is -3.27. The van der Waals surface area contributed by atoms with Crippen LogP contribution in [0.2, 0.25) is 0 Å². The lowest BCUT2D eigenvalue weighted by atomic mass is 10.0. The Morgan fingerprint density at radius 2 is 2.19 bits per heavy atom. The van der Waals surface area contributed by atoms with Crippen molar-refractivity contribution in [2.24, 2.45) is 0 Å². The van der Waals surface area contributed by atoms with E-state index in [0.717, 1.165) is 11.1 Å². The van der Waals surface area contributed by atoms with Crippen molar-refractivity contribution in [2.45, 2.75) is 33.7 Å². The number of ether oxygens (including phenoxy) is 1. The van der Waals surface area contributed by atoms with Gasteiger partial charge in [-0.1, -0.05) is 22.9 Å². The van der Waals surface area contributed by atoms with Gasteiger partial charge in [0.2, 0.25) is 0 Å². The van der Waals surface area contributed by atoms with Crippen LogP contribution >= 0.6 is 0 Å². The minimum Gasteiger partial charge on any atom is -0.494 e. The van der Waals surface area contributed by atoms with Crippen molar-refractivity contribution in [2.75, 3.05) is 11.9 Å². The van der Waals surface area contributed by atoms with Gasteiger partial charge in [0.05, 0.1) is 12.6 Å². The Kier molecular flexibility index (Phi) is 6.39. The number of carbonyl (C=O) groups is 1. The molecule has 0 bridgehead atoms. The highest BCUT2D eigenvalue weighted by atomic mass is 16.5. The number of amides is 1. The molecule has 0 fully saturated rings. The fraction of sp³-hybridized carbons (Fsp3) is 0.316. The number of carbonyl (C=O) groups excluding carboxylic acids is 1. The smallest absolute Gasteiger partial charge is 0.263 e. The average Bonchev–Trinajstić information content (AvgIpc) is 3.02. The van der Waals surface area contributed by atoms with Crippen molar-refractivity contribution in [3.8, 4) is 11.8 Å². The molecule has 0 aliphatic carbocycles. The molecule has 0 spiro atoms. The van der Waals surface area contributed by atoms with E-state index in [9.17, 15) is 10.1 Å². The average molecular weight is 354 g/mol. The molecule has 0 saturated heterocycles. The van der Waals surface area contributed by atoms with Gasteiger partial charge in [-0.2, -0.15) is 5.26 Å². The lowest BCUT2D eigenvalue weighted by molar-refractivity contribution is -0.117. The molecule has 1 atom stereocenters. The number of nitrogens with zero attached hydrogens (tertiary/aromatic N) is 2. The summed E-state index contributed by atoms with van der Waals surface area (Å²) in [6.45, 7) is 8.00. The zero-order valence-electron chi connectivity index (χ0n) is 15.3. The Balaban J connectivity index is 2.12. The summed E-state index contributed by atoms with van der Waals surface area (Å²) in [6.07, 6.45) is 1.30. The highest BCUT2D eigenvalue weighted by Gasteiger charge is 2.17. The van der Waals surface area contributed by atoms with E-state index in [-0.39, 0.29) is 11.6 Å². The summed E-state index contributed by atoms with van der Waals surface area (Å²) < 4.78 is 10.5. The first kappa shape index (κ1) is 19.1. The fourth-order valence-electron chi connectivity index (χ4n) is 2.37. The second-order valence-corrected chi connectivity index (χ2v) is 5.81. The van der Waals surface area contributed by atoms with E-state index >= 15 is 0 Å². The molecule has 26 heavy (non-hydrogen) atoms.